The SMILES string of the molecule is CCCCCC.N#[C][Fe].[KH]. The van der Waals surface area contributed by atoms with Crippen molar-refractivity contribution in [3.05, 3.63) is 0 Å². The molecule has 0 aromatic rings. The first-order chi connectivity index (χ1) is 4.33. The molecule has 3 heteroatoms. The van der Waals surface area contributed by atoms with Crippen molar-refractivity contribution in [2.45, 2.75) is 39.5 Å². The Labute approximate surface area is 115 Å². The van der Waals surface area contributed by atoms with Gasteiger partial charge in [-0.25, -0.2) is 0 Å². The van der Waals surface area contributed by atoms with Crippen LogP contribution in [0.3, 0.4) is 0 Å². The van der Waals surface area contributed by atoms with Crippen LogP contribution in [0.1, 0.15) is 39.5 Å². The van der Waals surface area contributed by atoms with Gasteiger partial charge in [-0.2, -0.15) is 0 Å². The zero-order chi connectivity index (χ0) is 7.54. The number of nitriles is 1. The summed E-state index contributed by atoms with van der Waals surface area (Å²) >= 11 is 2.79. The zero-order valence-corrected chi connectivity index (χ0v) is 7.23. The van der Waals surface area contributed by atoms with Crippen molar-refractivity contribution in [2.75, 3.05) is 0 Å². The minimum absolute atomic E-state index is 0. The van der Waals surface area contributed by atoms with Gasteiger partial charge < -0.3 is 0 Å². The summed E-state index contributed by atoms with van der Waals surface area (Å²) in [6.45, 7) is 4.46. The molecule has 0 fully saturated rings. The van der Waals surface area contributed by atoms with E-state index in [0.29, 0.717) is 0 Å². The summed E-state index contributed by atoms with van der Waals surface area (Å²) in [4.78, 5) is 1.50. The molecule has 0 rings (SSSR count). The number of nitrogens with zero attached hydrogens (tertiary/aromatic N) is 1. The number of unbranched alkanes of at least 4 members (excludes halogenated alkanes) is 3. The molecule has 57 valence electrons. The van der Waals surface area contributed by atoms with Crippen LogP contribution in [0.15, 0.2) is 0 Å². The second-order valence-corrected chi connectivity index (χ2v) is 2.03. The van der Waals surface area contributed by atoms with Crippen LogP contribution in [0.2, 0.25) is 0 Å². The van der Waals surface area contributed by atoms with E-state index < -0.39 is 0 Å². The van der Waals surface area contributed by atoms with E-state index in [0.717, 1.165) is 0 Å². The second kappa shape index (κ2) is 22.4. The Morgan fingerprint density at radius 1 is 1.20 bits per heavy atom. The van der Waals surface area contributed by atoms with Gasteiger partial charge in [0, 0.05) is 0 Å². The Morgan fingerprint density at radius 2 is 1.40 bits per heavy atom. The first-order valence-electron chi connectivity index (χ1n) is 3.31. The van der Waals surface area contributed by atoms with Gasteiger partial charge in [0.25, 0.3) is 0 Å². The second-order valence-electron chi connectivity index (χ2n) is 1.79. The van der Waals surface area contributed by atoms with Crippen LogP contribution >= 0.6 is 0 Å². The molecule has 0 aliphatic carbocycles. The molecule has 0 saturated heterocycles. The van der Waals surface area contributed by atoms with Crippen LogP contribution in [-0.2, 0) is 16.0 Å². The van der Waals surface area contributed by atoms with E-state index in [-0.39, 0.29) is 51.4 Å². The number of hydrogen-bond donors (Lipinski definition) is 0. The van der Waals surface area contributed by atoms with Crippen LogP contribution in [0.25, 0.3) is 0 Å². The van der Waals surface area contributed by atoms with Gasteiger partial charge in [-0.3, -0.25) is 0 Å². The summed E-state index contributed by atoms with van der Waals surface area (Å²) < 4.78 is 0. The molecule has 0 saturated carbocycles. The van der Waals surface area contributed by atoms with E-state index in [1.807, 2.05) is 0 Å². The van der Waals surface area contributed by atoms with Crippen LogP contribution in [0.4, 0.5) is 0 Å². The summed E-state index contributed by atoms with van der Waals surface area (Å²) in [5.74, 6) is 0. The van der Waals surface area contributed by atoms with Gasteiger partial charge in [0.2, 0.25) is 0 Å². The molecular formula is C7H15FeKN. The monoisotopic (exact) mass is 208 g/mol. The molecule has 0 aromatic carbocycles. The summed E-state index contributed by atoms with van der Waals surface area (Å²) in [6.07, 6.45) is 5.54. The van der Waals surface area contributed by atoms with E-state index in [2.05, 4.69) is 29.9 Å². The van der Waals surface area contributed by atoms with Crippen molar-refractivity contribution in [2.24, 2.45) is 0 Å². The molecule has 0 bridgehead atoms. The summed E-state index contributed by atoms with van der Waals surface area (Å²) in [5.41, 5.74) is 0. The van der Waals surface area contributed by atoms with E-state index in [4.69, 9.17) is 5.26 Å². The maximum absolute atomic E-state index is 7.21. The molecule has 0 amide bonds. The van der Waals surface area contributed by atoms with Crippen molar-refractivity contribution in [3.8, 4) is 4.97 Å². The average Bonchev–Trinajstić information content (AvgIpc) is 1.86. The molecule has 10 heavy (non-hydrogen) atoms. The van der Waals surface area contributed by atoms with Crippen LogP contribution in [0, 0.1) is 10.2 Å². The number of rotatable bonds is 3. The molecule has 0 aliphatic rings. The van der Waals surface area contributed by atoms with Crippen molar-refractivity contribution >= 4 is 51.4 Å². The molecular weight excluding hydrogens is 193 g/mol. The standard InChI is InChI=1S/C6H14.CN.Fe.K.H/c1-3-5-6-4-2;1-2;;;/h3-6H2,1-2H3;;;;. The van der Waals surface area contributed by atoms with Gasteiger partial charge in [0.15, 0.2) is 0 Å². The van der Waals surface area contributed by atoms with Crippen LogP contribution in [-0.4, -0.2) is 51.4 Å². The Balaban J connectivity index is -0.000000107. The van der Waals surface area contributed by atoms with E-state index >= 15 is 0 Å². The molecule has 0 spiro atoms. The Morgan fingerprint density at radius 3 is 1.50 bits per heavy atom. The molecule has 0 aromatic heterocycles. The van der Waals surface area contributed by atoms with E-state index in [1.165, 1.54) is 30.7 Å². The van der Waals surface area contributed by atoms with Crippen LogP contribution < -0.4 is 0 Å². The van der Waals surface area contributed by atoms with Crippen molar-refractivity contribution < 1.29 is 16.0 Å². The minimum atomic E-state index is 0. The quantitative estimate of drug-likeness (QED) is 0.513. The Kier molecular flexibility index (Phi) is 39.6. The van der Waals surface area contributed by atoms with Gasteiger partial charge in [0.1, 0.15) is 0 Å². The third kappa shape index (κ3) is 33.4. The average molecular weight is 208 g/mol. The first-order valence-corrected chi connectivity index (χ1v) is 3.87. The predicted octanol–water partition coefficient (Wildman–Crippen LogP) is 1.95. The first kappa shape index (κ1) is 17.7. The molecule has 0 aliphatic heterocycles. The summed E-state index contributed by atoms with van der Waals surface area (Å²) in [6, 6.07) is 0. The number of hydrogen-bond acceptors (Lipinski definition) is 1. The Bertz CT molecular complexity index is 66.5. The molecule has 1 nitrogen and oxygen atoms in total. The third-order valence-corrected chi connectivity index (χ3v) is 0.957. The molecule has 0 N–H and O–H groups in total. The maximum atomic E-state index is 7.21. The molecule has 0 radical (unpaired) electrons. The molecule has 0 heterocycles. The normalized spacial score (nSPS) is 6.20. The summed E-state index contributed by atoms with van der Waals surface area (Å²) in [5, 5.41) is 7.21. The third-order valence-electron chi connectivity index (χ3n) is 0.957. The Hall–Kier alpha value is 1.65. The topological polar surface area (TPSA) is 23.8 Å². The fourth-order valence-electron chi connectivity index (χ4n) is 0.500. The van der Waals surface area contributed by atoms with E-state index in [9.17, 15) is 0 Å². The van der Waals surface area contributed by atoms with Gasteiger partial charge >= 0.3 is 77.6 Å². The molecule has 0 unspecified atom stereocenters. The van der Waals surface area contributed by atoms with E-state index in [1.54, 1.807) is 0 Å². The van der Waals surface area contributed by atoms with Gasteiger partial charge in [-0.1, -0.05) is 39.5 Å². The van der Waals surface area contributed by atoms with Gasteiger partial charge in [-0.15, -0.1) is 0 Å². The summed E-state index contributed by atoms with van der Waals surface area (Å²) in [7, 11) is 0. The van der Waals surface area contributed by atoms with Crippen molar-refractivity contribution in [1.82, 2.24) is 0 Å². The zero-order valence-electron chi connectivity index (χ0n) is 6.13. The molecule has 0 atom stereocenters. The van der Waals surface area contributed by atoms with Crippen LogP contribution in [0.5, 0.6) is 0 Å². The van der Waals surface area contributed by atoms with Gasteiger partial charge in [0.05, 0.1) is 0 Å². The van der Waals surface area contributed by atoms with Gasteiger partial charge in [-0.05, 0) is 0 Å². The van der Waals surface area contributed by atoms with Crippen molar-refractivity contribution in [3.63, 3.8) is 0 Å². The fraction of sp³-hybridized carbons (Fsp3) is 0.857. The van der Waals surface area contributed by atoms with Crippen molar-refractivity contribution in [1.29, 1.82) is 5.26 Å². The predicted molar refractivity (Wildman–Crippen MR) is 42.6 cm³/mol. The fourth-order valence-corrected chi connectivity index (χ4v) is 0.500.